The molecule has 0 unspecified atom stereocenters. The summed E-state index contributed by atoms with van der Waals surface area (Å²) in [6.45, 7) is -0.602. The molecule has 2 atom stereocenters. The minimum absolute atomic E-state index is 0.0312. The number of hydrogen-bond donors (Lipinski definition) is 1. The van der Waals surface area contributed by atoms with Crippen LogP contribution in [0.15, 0.2) is 24.3 Å². The molecule has 1 heterocycles. The number of halogens is 2. The maximum Gasteiger partial charge on any atom is 0.260 e. The Morgan fingerprint density at radius 3 is 3.00 bits per heavy atom. The normalized spacial score (nSPS) is 22.6. The van der Waals surface area contributed by atoms with Crippen LogP contribution in [0.5, 0.6) is 5.75 Å². The second-order valence-corrected chi connectivity index (χ2v) is 4.46. The molecule has 1 N–H and O–H groups in total. The van der Waals surface area contributed by atoms with Gasteiger partial charge in [-0.2, -0.15) is 0 Å². The Kier molecular flexibility index (Phi) is 4.31. The highest BCUT2D eigenvalue weighted by molar-refractivity contribution is 5.78. The molecule has 2 rings (SSSR count). The number of rotatable bonds is 4. The van der Waals surface area contributed by atoms with Crippen molar-refractivity contribution < 1.29 is 23.4 Å². The van der Waals surface area contributed by atoms with E-state index in [0.717, 1.165) is 0 Å². The summed E-state index contributed by atoms with van der Waals surface area (Å²) < 4.78 is 31.2. The van der Waals surface area contributed by atoms with Crippen LogP contribution in [0, 0.1) is 5.82 Å². The summed E-state index contributed by atoms with van der Waals surface area (Å²) in [4.78, 5) is 13.1. The van der Waals surface area contributed by atoms with Gasteiger partial charge in [0.1, 0.15) is 17.7 Å². The molecule has 1 saturated heterocycles. The molecular weight excluding hydrogens is 256 g/mol. The Balaban J connectivity index is 1.91. The SMILES string of the molecule is O=C(COc1cccc(F)c1)N1C[C@@H](F)C[C@H]1CO. The molecule has 1 aliphatic rings. The smallest absolute Gasteiger partial charge is 0.260 e. The van der Waals surface area contributed by atoms with Gasteiger partial charge in [0.2, 0.25) is 0 Å². The second-order valence-electron chi connectivity index (χ2n) is 4.46. The highest BCUT2D eigenvalue weighted by atomic mass is 19.1. The molecule has 19 heavy (non-hydrogen) atoms. The summed E-state index contributed by atoms with van der Waals surface area (Å²) in [6, 6.07) is 4.93. The molecule has 0 aliphatic carbocycles. The number of ether oxygens (including phenoxy) is 1. The van der Waals surface area contributed by atoms with Crippen molar-refractivity contribution in [1.29, 1.82) is 0 Å². The molecule has 0 saturated carbocycles. The molecule has 0 bridgehead atoms. The monoisotopic (exact) mass is 271 g/mol. The van der Waals surface area contributed by atoms with E-state index >= 15 is 0 Å². The van der Waals surface area contributed by atoms with Crippen LogP contribution < -0.4 is 4.74 Å². The van der Waals surface area contributed by atoms with E-state index in [1.54, 1.807) is 0 Å². The third-order valence-corrected chi connectivity index (χ3v) is 3.05. The number of alkyl halides is 1. The predicted octanol–water partition coefficient (Wildman–Crippen LogP) is 1.14. The summed E-state index contributed by atoms with van der Waals surface area (Å²) in [6.07, 6.45) is -0.974. The predicted molar refractivity (Wildman–Crippen MR) is 64.0 cm³/mol. The van der Waals surface area contributed by atoms with Gasteiger partial charge in [-0.25, -0.2) is 8.78 Å². The first-order chi connectivity index (χ1) is 9.10. The molecule has 1 fully saturated rings. The number of likely N-dealkylation sites (tertiary alicyclic amines) is 1. The summed E-state index contributed by atoms with van der Waals surface area (Å²) >= 11 is 0. The van der Waals surface area contributed by atoms with Gasteiger partial charge in [-0.05, 0) is 12.1 Å². The molecule has 0 spiro atoms. The number of aliphatic hydroxyl groups excluding tert-OH is 1. The average Bonchev–Trinajstić information content (AvgIpc) is 2.77. The number of carbonyl (C=O) groups excluding carboxylic acids is 1. The van der Waals surface area contributed by atoms with E-state index in [2.05, 4.69) is 0 Å². The van der Waals surface area contributed by atoms with Gasteiger partial charge in [-0.15, -0.1) is 0 Å². The van der Waals surface area contributed by atoms with Crippen LogP contribution in [0.3, 0.4) is 0 Å². The first-order valence-electron chi connectivity index (χ1n) is 6.03. The van der Waals surface area contributed by atoms with Crippen molar-refractivity contribution in [3.8, 4) is 5.75 Å². The Bertz CT molecular complexity index is 455. The summed E-state index contributed by atoms with van der Waals surface area (Å²) in [7, 11) is 0. The van der Waals surface area contributed by atoms with Gasteiger partial charge in [-0.3, -0.25) is 4.79 Å². The standard InChI is InChI=1S/C13H15F2NO3/c14-9-2-1-3-12(5-9)19-8-13(18)16-6-10(15)4-11(16)7-17/h1-3,5,10-11,17H,4,6-8H2/t10-,11-/m0/s1. The van der Waals surface area contributed by atoms with E-state index in [9.17, 15) is 13.6 Å². The van der Waals surface area contributed by atoms with Crippen LogP contribution in [-0.4, -0.2) is 47.9 Å². The molecule has 4 nitrogen and oxygen atoms in total. The number of amides is 1. The first kappa shape index (κ1) is 13.7. The summed E-state index contributed by atoms with van der Waals surface area (Å²) in [5.74, 6) is -0.628. The number of hydrogen-bond acceptors (Lipinski definition) is 3. The van der Waals surface area contributed by atoms with Gasteiger partial charge in [-0.1, -0.05) is 6.07 Å². The van der Waals surface area contributed by atoms with Crippen molar-refractivity contribution in [2.75, 3.05) is 19.8 Å². The number of nitrogens with zero attached hydrogens (tertiary/aromatic N) is 1. The Hall–Kier alpha value is -1.69. The summed E-state index contributed by atoms with van der Waals surface area (Å²) in [5.41, 5.74) is 0. The van der Waals surface area contributed by atoms with Crippen molar-refractivity contribution in [2.24, 2.45) is 0 Å². The third-order valence-electron chi connectivity index (χ3n) is 3.05. The minimum atomic E-state index is -1.12. The fraction of sp³-hybridized carbons (Fsp3) is 0.462. The fourth-order valence-corrected chi connectivity index (χ4v) is 2.12. The zero-order valence-electron chi connectivity index (χ0n) is 10.3. The minimum Gasteiger partial charge on any atom is -0.484 e. The van der Waals surface area contributed by atoms with Gasteiger partial charge in [0.15, 0.2) is 6.61 Å². The van der Waals surface area contributed by atoms with Crippen molar-refractivity contribution in [1.82, 2.24) is 4.90 Å². The van der Waals surface area contributed by atoms with Crippen LogP contribution >= 0.6 is 0 Å². The number of aliphatic hydroxyl groups is 1. The van der Waals surface area contributed by atoms with E-state index in [1.807, 2.05) is 0 Å². The largest absolute Gasteiger partial charge is 0.484 e. The first-order valence-corrected chi connectivity index (χ1v) is 6.03. The van der Waals surface area contributed by atoms with Crippen LogP contribution in [0.25, 0.3) is 0 Å². The highest BCUT2D eigenvalue weighted by Crippen LogP contribution is 2.20. The van der Waals surface area contributed by atoms with E-state index in [4.69, 9.17) is 9.84 Å². The Morgan fingerprint density at radius 2 is 2.32 bits per heavy atom. The van der Waals surface area contributed by atoms with Gasteiger partial charge >= 0.3 is 0 Å². The molecule has 0 radical (unpaired) electrons. The van der Waals surface area contributed by atoms with E-state index in [0.29, 0.717) is 0 Å². The quantitative estimate of drug-likeness (QED) is 0.893. The van der Waals surface area contributed by atoms with Gasteiger partial charge in [0.25, 0.3) is 5.91 Å². The van der Waals surface area contributed by atoms with Gasteiger partial charge in [0.05, 0.1) is 19.2 Å². The number of benzene rings is 1. The van der Waals surface area contributed by atoms with Crippen molar-refractivity contribution in [2.45, 2.75) is 18.6 Å². The zero-order valence-corrected chi connectivity index (χ0v) is 10.3. The van der Waals surface area contributed by atoms with Crippen LogP contribution in [0.2, 0.25) is 0 Å². The lowest BCUT2D eigenvalue weighted by atomic mass is 10.2. The van der Waals surface area contributed by atoms with E-state index < -0.39 is 23.9 Å². The second kappa shape index (κ2) is 5.97. The van der Waals surface area contributed by atoms with E-state index in [1.165, 1.54) is 29.2 Å². The van der Waals surface area contributed by atoms with Crippen molar-refractivity contribution >= 4 is 5.91 Å². The highest BCUT2D eigenvalue weighted by Gasteiger charge is 2.34. The molecule has 0 aromatic heterocycles. The maximum atomic E-state index is 13.2. The lowest BCUT2D eigenvalue weighted by Crippen LogP contribution is -2.40. The Labute approximate surface area is 109 Å². The molecule has 1 aromatic rings. The number of carbonyl (C=O) groups is 1. The van der Waals surface area contributed by atoms with Crippen LogP contribution in [0.1, 0.15) is 6.42 Å². The molecule has 1 amide bonds. The molecule has 104 valence electrons. The fourth-order valence-electron chi connectivity index (χ4n) is 2.12. The molecule has 1 aromatic carbocycles. The molecule has 6 heteroatoms. The molecule has 1 aliphatic heterocycles. The maximum absolute atomic E-state index is 13.2. The summed E-state index contributed by atoms with van der Waals surface area (Å²) in [5, 5.41) is 9.07. The van der Waals surface area contributed by atoms with Gasteiger partial charge < -0.3 is 14.7 Å². The Morgan fingerprint density at radius 1 is 1.53 bits per heavy atom. The van der Waals surface area contributed by atoms with E-state index in [-0.39, 0.29) is 31.9 Å². The van der Waals surface area contributed by atoms with Crippen LogP contribution in [0.4, 0.5) is 8.78 Å². The topological polar surface area (TPSA) is 49.8 Å². The zero-order chi connectivity index (χ0) is 13.8. The van der Waals surface area contributed by atoms with Crippen molar-refractivity contribution in [3.05, 3.63) is 30.1 Å². The van der Waals surface area contributed by atoms with Crippen molar-refractivity contribution in [3.63, 3.8) is 0 Å². The van der Waals surface area contributed by atoms with Gasteiger partial charge in [0, 0.05) is 12.5 Å². The average molecular weight is 271 g/mol. The van der Waals surface area contributed by atoms with Crippen LogP contribution in [-0.2, 0) is 4.79 Å². The lowest BCUT2D eigenvalue weighted by Gasteiger charge is -2.22. The third kappa shape index (κ3) is 3.41. The lowest BCUT2D eigenvalue weighted by molar-refractivity contribution is -0.135. The molecular formula is C13H15F2NO3.